The van der Waals surface area contributed by atoms with E-state index in [1.165, 1.54) is 5.56 Å². The zero-order valence-electron chi connectivity index (χ0n) is 11.2. The Kier molecular flexibility index (Phi) is 2.97. The van der Waals surface area contributed by atoms with Gasteiger partial charge in [-0.15, -0.1) is 11.3 Å². The molecule has 0 saturated heterocycles. The van der Waals surface area contributed by atoms with E-state index >= 15 is 0 Å². The predicted octanol–water partition coefficient (Wildman–Crippen LogP) is 3.60. The van der Waals surface area contributed by atoms with E-state index in [0.717, 1.165) is 28.4 Å². The number of hydrogen-bond donors (Lipinski definition) is 0. The lowest BCUT2D eigenvalue weighted by Gasteiger charge is -2.04. The topological polar surface area (TPSA) is 43.6 Å². The molecule has 1 aromatic carbocycles. The van der Waals surface area contributed by atoms with Crippen LogP contribution in [-0.2, 0) is 6.54 Å². The van der Waals surface area contributed by atoms with E-state index in [2.05, 4.69) is 31.7 Å². The normalized spacial score (nSPS) is 11.0. The Hall–Kier alpha value is -2.53. The van der Waals surface area contributed by atoms with Crippen LogP contribution >= 0.6 is 11.3 Å². The van der Waals surface area contributed by atoms with Crippen molar-refractivity contribution in [2.45, 2.75) is 6.54 Å². The zero-order valence-corrected chi connectivity index (χ0v) is 12.0. The first-order chi connectivity index (χ1) is 10.4. The fourth-order valence-corrected chi connectivity index (χ4v) is 2.94. The summed E-state index contributed by atoms with van der Waals surface area (Å²) in [5, 5.41) is 2.03. The highest BCUT2D eigenvalue weighted by Crippen LogP contribution is 2.22. The number of thiophene rings is 1. The van der Waals surface area contributed by atoms with Crippen molar-refractivity contribution in [3.8, 4) is 10.7 Å². The van der Waals surface area contributed by atoms with Gasteiger partial charge >= 0.3 is 0 Å². The lowest BCUT2D eigenvalue weighted by atomic mass is 10.2. The molecule has 0 spiro atoms. The van der Waals surface area contributed by atoms with E-state index < -0.39 is 0 Å². The summed E-state index contributed by atoms with van der Waals surface area (Å²) >= 11 is 1.64. The summed E-state index contributed by atoms with van der Waals surface area (Å²) in [5.41, 5.74) is 2.93. The fourth-order valence-electron chi connectivity index (χ4n) is 2.28. The maximum Gasteiger partial charge on any atom is 0.171 e. The van der Waals surface area contributed by atoms with Crippen molar-refractivity contribution in [3.63, 3.8) is 0 Å². The van der Waals surface area contributed by atoms with Crippen molar-refractivity contribution in [3.05, 3.63) is 65.9 Å². The summed E-state index contributed by atoms with van der Waals surface area (Å²) in [6.45, 7) is 0.762. The number of hydrogen-bond acceptors (Lipinski definition) is 4. The monoisotopic (exact) mass is 292 g/mol. The summed E-state index contributed by atoms with van der Waals surface area (Å²) in [7, 11) is 0. The molecule has 0 saturated carbocycles. The molecule has 3 heterocycles. The van der Waals surface area contributed by atoms with Crippen LogP contribution in [0.1, 0.15) is 5.56 Å². The van der Waals surface area contributed by atoms with Gasteiger partial charge in [-0.05, 0) is 17.0 Å². The van der Waals surface area contributed by atoms with Gasteiger partial charge in [0.25, 0.3) is 0 Å². The first-order valence-corrected chi connectivity index (χ1v) is 7.54. The van der Waals surface area contributed by atoms with Gasteiger partial charge in [0, 0.05) is 0 Å². The second-order valence-corrected chi connectivity index (χ2v) is 5.69. The lowest BCUT2D eigenvalue weighted by Crippen LogP contribution is -2.00. The Morgan fingerprint density at radius 1 is 1.00 bits per heavy atom. The van der Waals surface area contributed by atoms with Crippen LogP contribution in [0.4, 0.5) is 0 Å². The summed E-state index contributed by atoms with van der Waals surface area (Å²) in [6, 6.07) is 14.4. The molecule has 0 radical (unpaired) electrons. The van der Waals surface area contributed by atoms with Gasteiger partial charge in [0.2, 0.25) is 0 Å². The minimum absolute atomic E-state index is 0.757. The summed E-state index contributed by atoms with van der Waals surface area (Å²) in [5.74, 6) is 0.757. The first kappa shape index (κ1) is 12.2. The van der Waals surface area contributed by atoms with Crippen LogP contribution in [0, 0.1) is 0 Å². The number of fused-ring (bicyclic) bond motifs is 1. The molecule has 0 fully saturated rings. The number of nitrogens with zero attached hydrogens (tertiary/aromatic N) is 4. The molecular weight excluding hydrogens is 280 g/mol. The third-order valence-corrected chi connectivity index (χ3v) is 4.16. The highest BCUT2D eigenvalue weighted by molar-refractivity contribution is 7.13. The Labute approximate surface area is 125 Å². The summed E-state index contributed by atoms with van der Waals surface area (Å²) < 4.78 is 2.06. The van der Waals surface area contributed by atoms with E-state index in [1.54, 1.807) is 17.5 Å². The van der Waals surface area contributed by atoms with Crippen molar-refractivity contribution in [1.29, 1.82) is 0 Å². The third-order valence-electron chi connectivity index (χ3n) is 3.30. The van der Waals surface area contributed by atoms with Gasteiger partial charge in [-0.2, -0.15) is 0 Å². The summed E-state index contributed by atoms with van der Waals surface area (Å²) in [4.78, 5) is 14.5. The van der Waals surface area contributed by atoms with Crippen molar-refractivity contribution in [2.24, 2.45) is 0 Å². The molecule has 102 valence electrons. The van der Waals surface area contributed by atoms with Gasteiger partial charge in [0.1, 0.15) is 5.52 Å². The maximum atomic E-state index is 4.67. The largest absolute Gasteiger partial charge is 0.311 e. The Morgan fingerprint density at radius 3 is 2.71 bits per heavy atom. The average Bonchev–Trinajstić information content (AvgIpc) is 3.18. The molecule has 5 heteroatoms. The van der Waals surface area contributed by atoms with Crippen LogP contribution in [0.25, 0.3) is 21.9 Å². The number of benzene rings is 1. The molecule has 0 amide bonds. The van der Waals surface area contributed by atoms with E-state index in [1.807, 2.05) is 42.0 Å². The molecule has 4 nitrogen and oxygen atoms in total. The Bertz CT molecular complexity index is 866. The van der Waals surface area contributed by atoms with Crippen LogP contribution in [0.2, 0.25) is 0 Å². The third kappa shape index (κ3) is 2.32. The van der Waals surface area contributed by atoms with Gasteiger partial charge in [-0.3, -0.25) is 0 Å². The van der Waals surface area contributed by atoms with Gasteiger partial charge in [0.05, 0.1) is 23.9 Å². The van der Waals surface area contributed by atoms with Gasteiger partial charge in [0.15, 0.2) is 11.5 Å². The molecule has 21 heavy (non-hydrogen) atoms. The van der Waals surface area contributed by atoms with Crippen LogP contribution in [0.3, 0.4) is 0 Å². The van der Waals surface area contributed by atoms with Crippen molar-refractivity contribution in [2.75, 3.05) is 0 Å². The van der Waals surface area contributed by atoms with E-state index in [4.69, 9.17) is 0 Å². The highest BCUT2D eigenvalue weighted by atomic mass is 32.1. The van der Waals surface area contributed by atoms with Crippen LogP contribution < -0.4 is 0 Å². The average molecular weight is 292 g/mol. The molecule has 0 bridgehead atoms. The summed E-state index contributed by atoms with van der Waals surface area (Å²) in [6.07, 6.45) is 3.61. The van der Waals surface area contributed by atoms with E-state index in [0.29, 0.717) is 0 Å². The van der Waals surface area contributed by atoms with Crippen LogP contribution in [0.5, 0.6) is 0 Å². The minimum atomic E-state index is 0.757. The molecule has 3 aromatic heterocycles. The minimum Gasteiger partial charge on any atom is -0.311 e. The van der Waals surface area contributed by atoms with Gasteiger partial charge < -0.3 is 4.57 Å². The quantitative estimate of drug-likeness (QED) is 0.579. The van der Waals surface area contributed by atoms with Gasteiger partial charge in [-0.1, -0.05) is 36.4 Å². The predicted molar refractivity (Wildman–Crippen MR) is 84.2 cm³/mol. The standard InChI is InChI=1S/C16H12N4S/c1-2-5-12(6-3-1)10-20-11-18-13-9-17-15(19-16(13)20)14-7-4-8-21-14/h1-9,11H,10H2. The molecular formula is C16H12N4S. The highest BCUT2D eigenvalue weighted by Gasteiger charge is 2.09. The molecule has 0 aliphatic heterocycles. The zero-order chi connectivity index (χ0) is 14.1. The van der Waals surface area contributed by atoms with E-state index in [9.17, 15) is 0 Å². The van der Waals surface area contributed by atoms with Crippen molar-refractivity contribution >= 4 is 22.5 Å². The second-order valence-electron chi connectivity index (χ2n) is 4.74. The molecule has 0 atom stereocenters. The van der Waals surface area contributed by atoms with Crippen LogP contribution in [0.15, 0.2) is 60.4 Å². The number of imidazole rings is 1. The molecule has 0 aliphatic carbocycles. The molecule has 4 rings (SSSR count). The molecule has 0 aliphatic rings. The Morgan fingerprint density at radius 2 is 1.90 bits per heavy atom. The smallest absolute Gasteiger partial charge is 0.171 e. The van der Waals surface area contributed by atoms with Crippen LogP contribution in [-0.4, -0.2) is 19.5 Å². The van der Waals surface area contributed by atoms with Crippen molar-refractivity contribution < 1.29 is 0 Å². The first-order valence-electron chi connectivity index (χ1n) is 6.66. The number of rotatable bonds is 3. The maximum absolute atomic E-state index is 4.67. The molecule has 4 aromatic rings. The van der Waals surface area contributed by atoms with Crippen molar-refractivity contribution in [1.82, 2.24) is 19.5 Å². The SMILES string of the molecule is c1ccc(Cn2cnc3cnc(-c4cccs4)nc32)cc1. The lowest BCUT2D eigenvalue weighted by molar-refractivity contribution is 0.814. The van der Waals surface area contributed by atoms with Gasteiger partial charge in [-0.25, -0.2) is 15.0 Å². The number of aromatic nitrogens is 4. The fraction of sp³-hybridized carbons (Fsp3) is 0.0625. The Balaban J connectivity index is 1.78. The second kappa shape index (κ2) is 5.10. The van der Waals surface area contributed by atoms with E-state index in [-0.39, 0.29) is 0 Å². The molecule has 0 N–H and O–H groups in total. The molecule has 0 unspecified atom stereocenters.